The number of rotatable bonds is 3. The number of nitrogens with zero attached hydrogens (tertiary/aromatic N) is 1. The summed E-state index contributed by atoms with van der Waals surface area (Å²) in [7, 11) is 0. The Bertz CT molecular complexity index is 547. The molecule has 0 radical (unpaired) electrons. The Hall–Kier alpha value is -0.890. The van der Waals surface area contributed by atoms with Crippen LogP contribution in [0.4, 0.5) is 0 Å². The zero-order valence-electron chi connectivity index (χ0n) is 9.32. The predicted molar refractivity (Wildman–Crippen MR) is 73.2 cm³/mol. The summed E-state index contributed by atoms with van der Waals surface area (Å²) in [6, 6.07) is 1.96. The first-order valence-electron chi connectivity index (χ1n) is 5.00. The van der Waals surface area contributed by atoms with Gasteiger partial charge in [-0.15, -0.1) is 11.3 Å². The minimum atomic E-state index is -0.464. The highest BCUT2D eigenvalue weighted by molar-refractivity contribution is 14.1. The molecular formula is C11H10INO3S. The summed E-state index contributed by atoms with van der Waals surface area (Å²) in [5, 5.41) is 1.95. The van der Waals surface area contributed by atoms with Gasteiger partial charge < -0.3 is 9.15 Å². The van der Waals surface area contributed by atoms with Crippen LogP contribution in [0, 0.1) is 9.81 Å². The van der Waals surface area contributed by atoms with Gasteiger partial charge in [-0.05, 0) is 42.5 Å². The molecule has 0 unspecified atom stereocenters. The number of esters is 1. The fourth-order valence-corrected chi connectivity index (χ4v) is 2.65. The molecule has 90 valence electrons. The van der Waals surface area contributed by atoms with E-state index in [-0.39, 0.29) is 5.76 Å². The fraction of sp³-hybridized carbons (Fsp3) is 0.273. The summed E-state index contributed by atoms with van der Waals surface area (Å²) >= 11 is 3.83. The minimum Gasteiger partial charge on any atom is -0.460 e. The molecular weight excluding hydrogens is 353 g/mol. The second kappa shape index (κ2) is 5.18. The van der Waals surface area contributed by atoms with Crippen LogP contribution in [0.5, 0.6) is 0 Å². The second-order valence-electron chi connectivity index (χ2n) is 3.29. The number of carbonyl (C=O) groups excluding carboxylic acids is 1. The Labute approximate surface area is 116 Å². The molecule has 0 aromatic carbocycles. The summed E-state index contributed by atoms with van der Waals surface area (Å²) < 4.78 is 11.5. The molecule has 17 heavy (non-hydrogen) atoms. The molecule has 0 aliphatic carbocycles. The van der Waals surface area contributed by atoms with Gasteiger partial charge in [0.1, 0.15) is 0 Å². The Morgan fingerprint density at radius 1 is 1.65 bits per heavy atom. The van der Waals surface area contributed by atoms with Crippen LogP contribution in [0.3, 0.4) is 0 Å². The molecule has 0 aliphatic heterocycles. The monoisotopic (exact) mass is 363 g/mol. The van der Waals surface area contributed by atoms with Gasteiger partial charge in [0, 0.05) is 10.9 Å². The highest BCUT2D eigenvalue weighted by atomic mass is 127. The van der Waals surface area contributed by atoms with Crippen LogP contribution in [0.1, 0.15) is 23.2 Å². The van der Waals surface area contributed by atoms with Gasteiger partial charge in [0.05, 0.1) is 15.2 Å². The van der Waals surface area contributed by atoms with E-state index >= 15 is 0 Å². The average Bonchev–Trinajstić information content (AvgIpc) is 2.85. The fourth-order valence-electron chi connectivity index (χ4n) is 1.33. The lowest BCUT2D eigenvalue weighted by Crippen LogP contribution is -2.04. The normalized spacial score (nSPS) is 10.5. The number of thiophene rings is 1. The molecule has 2 aromatic heterocycles. The van der Waals surface area contributed by atoms with Crippen molar-refractivity contribution < 1.29 is 13.9 Å². The van der Waals surface area contributed by atoms with E-state index < -0.39 is 5.97 Å². The lowest BCUT2D eigenvalue weighted by molar-refractivity contribution is 0.0490. The van der Waals surface area contributed by atoms with Crippen LogP contribution >= 0.6 is 33.9 Å². The van der Waals surface area contributed by atoms with E-state index in [1.54, 1.807) is 25.2 Å². The van der Waals surface area contributed by atoms with Crippen LogP contribution in [-0.4, -0.2) is 17.6 Å². The van der Waals surface area contributed by atoms with Gasteiger partial charge in [-0.1, -0.05) is 0 Å². The van der Waals surface area contributed by atoms with Crippen molar-refractivity contribution in [1.29, 1.82) is 0 Å². The maximum Gasteiger partial charge on any atom is 0.376 e. The molecule has 6 heteroatoms. The van der Waals surface area contributed by atoms with Crippen molar-refractivity contribution in [3.63, 3.8) is 0 Å². The Balaban J connectivity index is 2.33. The minimum absolute atomic E-state index is 0.183. The molecule has 0 saturated heterocycles. The van der Waals surface area contributed by atoms with Gasteiger partial charge in [0.15, 0.2) is 0 Å². The maximum absolute atomic E-state index is 11.6. The number of aromatic nitrogens is 1. The number of halogens is 1. The standard InChI is InChI=1S/C11H10INO3S/c1-3-15-11(14)9-6(2)13-10(16-9)7-4-8(12)17-5-7/h4-5H,3H2,1-2H3. The Morgan fingerprint density at radius 2 is 2.41 bits per heavy atom. The first kappa shape index (κ1) is 12.6. The van der Waals surface area contributed by atoms with E-state index in [0.29, 0.717) is 18.2 Å². The van der Waals surface area contributed by atoms with Gasteiger partial charge in [-0.25, -0.2) is 9.78 Å². The van der Waals surface area contributed by atoms with E-state index in [1.807, 2.05) is 11.4 Å². The molecule has 0 fully saturated rings. The lowest BCUT2D eigenvalue weighted by atomic mass is 10.3. The highest BCUT2D eigenvalue weighted by Crippen LogP contribution is 2.27. The molecule has 0 spiro atoms. The van der Waals surface area contributed by atoms with Crippen molar-refractivity contribution in [3.05, 3.63) is 25.8 Å². The Morgan fingerprint density at radius 3 is 3.00 bits per heavy atom. The summed E-state index contributed by atoms with van der Waals surface area (Å²) in [5.74, 6) is 0.182. The molecule has 0 aliphatic rings. The second-order valence-corrected chi connectivity index (χ2v) is 6.10. The van der Waals surface area contributed by atoms with E-state index in [0.717, 1.165) is 8.45 Å². The molecule has 2 rings (SSSR count). The van der Waals surface area contributed by atoms with Crippen molar-refractivity contribution >= 4 is 39.9 Å². The number of hydrogen-bond acceptors (Lipinski definition) is 5. The zero-order valence-corrected chi connectivity index (χ0v) is 12.3. The lowest BCUT2D eigenvalue weighted by Gasteiger charge is -1.97. The summed E-state index contributed by atoms with van der Waals surface area (Å²) in [6.45, 7) is 3.81. The number of oxazole rings is 1. The predicted octanol–water partition coefficient (Wildman–Crippen LogP) is 3.49. The molecule has 0 saturated carbocycles. The van der Waals surface area contributed by atoms with Crippen molar-refractivity contribution in [2.75, 3.05) is 6.61 Å². The zero-order chi connectivity index (χ0) is 12.4. The van der Waals surface area contributed by atoms with Crippen LogP contribution in [0.25, 0.3) is 11.5 Å². The first-order chi connectivity index (χ1) is 8.11. The van der Waals surface area contributed by atoms with Crippen LogP contribution in [0.2, 0.25) is 0 Å². The smallest absolute Gasteiger partial charge is 0.376 e. The third-order valence-electron chi connectivity index (χ3n) is 2.07. The quantitative estimate of drug-likeness (QED) is 0.619. The van der Waals surface area contributed by atoms with Gasteiger partial charge in [0.25, 0.3) is 0 Å². The first-order valence-corrected chi connectivity index (χ1v) is 6.96. The average molecular weight is 363 g/mol. The molecule has 4 nitrogen and oxygen atoms in total. The van der Waals surface area contributed by atoms with Gasteiger partial charge in [-0.3, -0.25) is 0 Å². The van der Waals surface area contributed by atoms with E-state index in [4.69, 9.17) is 9.15 Å². The molecule has 0 amide bonds. The molecule has 2 aromatic rings. The van der Waals surface area contributed by atoms with Crippen molar-refractivity contribution in [1.82, 2.24) is 4.98 Å². The number of carbonyl (C=O) groups is 1. The van der Waals surface area contributed by atoms with Crippen LogP contribution in [0.15, 0.2) is 15.9 Å². The third-order valence-corrected chi connectivity index (χ3v) is 3.86. The molecule has 0 N–H and O–H groups in total. The maximum atomic E-state index is 11.6. The molecule has 0 atom stereocenters. The number of aryl methyl sites for hydroxylation is 1. The van der Waals surface area contributed by atoms with E-state index in [2.05, 4.69) is 27.6 Å². The summed E-state index contributed by atoms with van der Waals surface area (Å²) in [4.78, 5) is 15.8. The van der Waals surface area contributed by atoms with E-state index in [1.165, 1.54) is 0 Å². The highest BCUT2D eigenvalue weighted by Gasteiger charge is 2.19. The van der Waals surface area contributed by atoms with Crippen molar-refractivity contribution in [2.45, 2.75) is 13.8 Å². The molecule has 0 bridgehead atoms. The van der Waals surface area contributed by atoms with Crippen LogP contribution < -0.4 is 0 Å². The summed E-state index contributed by atoms with van der Waals surface area (Å²) in [6.07, 6.45) is 0. The summed E-state index contributed by atoms with van der Waals surface area (Å²) in [5.41, 5.74) is 1.44. The van der Waals surface area contributed by atoms with Crippen molar-refractivity contribution in [3.8, 4) is 11.5 Å². The van der Waals surface area contributed by atoms with E-state index in [9.17, 15) is 4.79 Å². The van der Waals surface area contributed by atoms with Gasteiger partial charge in [0.2, 0.25) is 11.7 Å². The largest absolute Gasteiger partial charge is 0.460 e. The SMILES string of the molecule is CCOC(=O)c1oc(-c2csc(I)c2)nc1C. The third kappa shape index (κ3) is 2.68. The Kier molecular flexibility index (Phi) is 3.82. The van der Waals surface area contributed by atoms with Gasteiger partial charge in [-0.2, -0.15) is 0 Å². The number of ether oxygens (including phenoxy) is 1. The topological polar surface area (TPSA) is 52.3 Å². The van der Waals surface area contributed by atoms with Crippen LogP contribution in [-0.2, 0) is 4.74 Å². The molecule has 2 heterocycles. The van der Waals surface area contributed by atoms with Crippen molar-refractivity contribution in [2.24, 2.45) is 0 Å². The number of hydrogen-bond donors (Lipinski definition) is 0. The van der Waals surface area contributed by atoms with Gasteiger partial charge >= 0.3 is 5.97 Å².